The minimum atomic E-state index is -1.59. The van der Waals surface area contributed by atoms with Gasteiger partial charge in [-0.15, -0.1) is 6.42 Å². The summed E-state index contributed by atoms with van der Waals surface area (Å²) >= 11 is 0. The molecular weight excluding hydrogens is 409 g/mol. The van der Waals surface area contributed by atoms with E-state index in [0.29, 0.717) is 12.8 Å². The van der Waals surface area contributed by atoms with Crippen LogP contribution in [0.3, 0.4) is 0 Å². The van der Waals surface area contributed by atoms with Crippen molar-refractivity contribution >= 4 is 28.9 Å². The van der Waals surface area contributed by atoms with Crippen molar-refractivity contribution in [3.05, 3.63) is 12.4 Å². The van der Waals surface area contributed by atoms with E-state index in [1.54, 1.807) is 6.92 Å². The summed E-state index contributed by atoms with van der Waals surface area (Å²) in [5.41, 5.74) is 4.42. The van der Waals surface area contributed by atoms with Crippen molar-refractivity contribution in [1.29, 1.82) is 0 Å². The molecule has 31 heavy (non-hydrogen) atoms. The maximum atomic E-state index is 13.8. The van der Waals surface area contributed by atoms with E-state index in [2.05, 4.69) is 20.9 Å². The van der Waals surface area contributed by atoms with Gasteiger partial charge in [-0.25, -0.2) is 4.98 Å². The molecule has 1 saturated heterocycles. The number of fused-ring (bicyclic) bond motifs is 1. The molecule has 0 aliphatic carbocycles. The van der Waals surface area contributed by atoms with Crippen molar-refractivity contribution in [3.8, 4) is 12.3 Å². The van der Waals surface area contributed by atoms with E-state index >= 15 is 0 Å². The van der Waals surface area contributed by atoms with Gasteiger partial charge in [0.1, 0.15) is 18.2 Å². The maximum Gasteiger partial charge on any atom is 0.312 e. The van der Waals surface area contributed by atoms with Crippen molar-refractivity contribution in [2.75, 3.05) is 12.8 Å². The maximum absolute atomic E-state index is 13.8. The van der Waals surface area contributed by atoms with Gasteiger partial charge in [-0.3, -0.25) is 14.2 Å². The molecule has 3 rings (SSSR count). The van der Waals surface area contributed by atoms with Crippen LogP contribution in [0, 0.1) is 24.3 Å². The second kappa shape index (κ2) is 8.85. The van der Waals surface area contributed by atoms with E-state index in [9.17, 15) is 14.0 Å². The summed E-state index contributed by atoms with van der Waals surface area (Å²) in [6, 6.07) is 0. The summed E-state index contributed by atoms with van der Waals surface area (Å²) in [5.74, 6) is 0.458. The van der Waals surface area contributed by atoms with Gasteiger partial charge in [0.05, 0.1) is 13.4 Å². The van der Waals surface area contributed by atoms with Gasteiger partial charge >= 0.3 is 18.0 Å². The zero-order chi connectivity index (χ0) is 22.8. The Morgan fingerprint density at radius 3 is 2.84 bits per heavy atom. The molecule has 0 bridgehead atoms. The Balaban J connectivity index is 2.09. The number of halogens is 1. The fourth-order valence-electron chi connectivity index (χ4n) is 3.85. The number of aromatic nitrogens is 4. The first kappa shape index (κ1) is 22.4. The summed E-state index contributed by atoms with van der Waals surface area (Å²) in [6.07, 6.45) is 5.55. The van der Waals surface area contributed by atoms with Crippen LogP contribution in [-0.4, -0.2) is 50.3 Å². The average molecular weight is 433 g/mol. The number of methoxy groups -OCH3 is 1. The number of rotatable bonds is 7. The fraction of sp³-hybridized carbons (Fsp3) is 0.550. The molecule has 0 spiro atoms. The first-order chi connectivity index (χ1) is 14.8. The van der Waals surface area contributed by atoms with Gasteiger partial charge in [0.25, 0.3) is 0 Å². The average Bonchev–Trinajstić information content (AvgIpc) is 3.33. The molecule has 166 valence electrons. The molecule has 1 aliphatic rings. The number of anilines is 1. The standard InChI is InChI=1S/C20H24FN5O5/c1-5-8-11(18(28)29-4)20(7-3)12(30-14(27)6-2)9-13(31-20)26-10-23-15-16(22)24-19(21)25-17(15)26/h3,10-13H,5-6,8-9H2,1-2,4H3,(H2,22,24,25)/t11?,12-,13+,20-/m0/s1. The molecule has 1 unspecified atom stereocenters. The Morgan fingerprint density at radius 1 is 1.48 bits per heavy atom. The van der Waals surface area contributed by atoms with E-state index in [1.807, 2.05) is 6.92 Å². The Bertz CT molecular complexity index is 1030. The normalized spacial score (nSPS) is 24.0. The van der Waals surface area contributed by atoms with Crippen LogP contribution in [0.4, 0.5) is 10.2 Å². The van der Waals surface area contributed by atoms with Gasteiger partial charge < -0.3 is 19.9 Å². The molecule has 4 atom stereocenters. The second-order valence-electron chi connectivity index (χ2n) is 7.14. The van der Waals surface area contributed by atoms with Crippen molar-refractivity contribution < 1.29 is 28.2 Å². The van der Waals surface area contributed by atoms with E-state index in [-0.39, 0.29) is 29.8 Å². The Morgan fingerprint density at radius 2 is 2.23 bits per heavy atom. The van der Waals surface area contributed by atoms with Crippen molar-refractivity contribution in [2.45, 2.75) is 57.5 Å². The molecule has 11 heteroatoms. The Labute approximate surface area is 178 Å². The van der Waals surface area contributed by atoms with E-state index in [0.717, 1.165) is 0 Å². The number of hydrogen-bond donors (Lipinski definition) is 1. The van der Waals surface area contributed by atoms with Crippen LogP contribution in [0.25, 0.3) is 11.2 Å². The third kappa shape index (κ3) is 3.90. The van der Waals surface area contributed by atoms with Gasteiger partial charge in [0.2, 0.25) is 0 Å². The SMILES string of the molecule is C#C[C@@]1(C(CCC)C(=O)OC)O[C@@H](n2cnc3c(N)nc(F)nc32)C[C@@H]1OC(=O)CC. The number of nitrogen functional groups attached to an aromatic ring is 1. The predicted octanol–water partition coefficient (Wildman–Crippen LogP) is 1.75. The molecule has 1 aliphatic heterocycles. The lowest BCUT2D eigenvalue weighted by Gasteiger charge is -2.34. The molecule has 1 fully saturated rings. The predicted molar refractivity (Wildman–Crippen MR) is 107 cm³/mol. The number of terminal acetylenes is 1. The monoisotopic (exact) mass is 433 g/mol. The van der Waals surface area contributed by atoms with E-state index in [4.69, 9.17) is 26.4 Å². The van der Waals surface area contributed by atoms with Crippen LogP contribution in [0.2, 0.25) is 0 Å². The number of nitrogens with zero attached hydrogens (tertiary/aromatic N) is 4. The highest BCUT2D eigenvalue weighted by molar-refractivity contribution is 5.81. The van der Waals surface area contributed by atoms with Gasteiger partial charge in [0.15, 0.2) is 22.6 Å². The van der Waals surface area contributed by atoms with E-state index in [1.165, 1.54) is 18.0 Å². The number of ether oxygens (including phenoxy) is 3. The first-order valence-electron chi connectivity index (χ1n) is 9.89. The smallest absolute Gasteiger partial charge is 0.312 e. The molecular formula is C20H24FN5O5. The van der Waals surface area contributed by atoms with Crippen LogP contribution in [0.15, 0.2) is 6.33 Å². The number of carbonyl (C=O) groups is 2. The summed E-state index contributed by atoms with van der Waals surface area (Å²) in [4.78, 5) is 36.1. The highest BCUT2D eigenvalue weighted by atomic mass is 19.1. The number of nitrogens with two attached hydrogens (primary N) is 1. The molecule has 2 N–H and O–H groups in total. The lowest BCUT2D eigenvalue weighted by atomic mass is 9.80. The van der Waals surface area contributed by atoms with Crippen molar-refractivity contribution in [3.63, 3.8) is 0 Å². The summed E-state index contributed by atoms with van der Waals surface area (Å²) in [5, 5.41) is 0. The van der Waals surface area contributed by atoms with Crippen molar-refractivity contribution in [2.24, 2.45) is 5.92 Å². The highest BCUT2D eigenvalue weighted by Gasteiger charge is 2.58. The third-order valence-corrected chi connectivity index (χ3v) is 5.33. The van der Waals surface area contributed by atoms with Crippen LogP contribution < -0.4 is 5.73 Å². The number of imidazole rings is 1. The van der Waals surface area contributed by atoms with Gasteiger partial charge in [-0.05, 0) is 6.42 Å². The fourth-order valence-corrected chi connectivity index (χ4v) is 3.85. The largest absolute Gasteiger partial charge is 0.469 e. The van der Waals surface area contributed by atoms with Gasteiger partial charge in [-0.2, -0.15) is 14.4 Å². The number of esters is 2. The zero-order valence-electron chi connectivity index (χ0n) is 17.5. The summed E-state index contributed by atoms with van der Waals surface area (Å²) < 4.78 is 32.0. The highest BCUT2D eigenvalue weighted by Crippen LogP contribution is 2.45. The topological polar surface area (TPSA) is 131 Å². The van der Waals surface area contributed by atoms with Crippen molar-refractivity contribution in [1.82, 2.24) is 19.5 Å². The second-order valence-corrected chi connectivity index (χ2v) is 7.14. The van der Waals surface area contributed by atoms with Crippen LogP contribution >= 0.6 is 0 Å². The molecule has 10 nitrogen and oxygen atoms in total. The van der Waals surface area contributed by atoms with Gasteiger partial charge in [0, 0.05) is 12.8 Å². The van der Waals surface area contributed by atoms with E-state index < -0.39 is 41.9 Å². The molecule has 0 amide bonds. The molecule has 2 aromatic heterocycles. The minimum Gasteiger partial charge on any atom is -0.469 e. The lowest BCUT2D eigenvalue weighted by molar-refractivity contribution is -0.173. The summed E-state index contributed by atoms with van der Waals surface area (Å²) in [7, 11) is 1.25. The molecule has 0 radical (unpaired) electrons. The molecule has 3 heterocycles. The Hall–Kier alpha value is -3.26. The van der Waals surface area contributed by atoms with Crippen LogP contribution in [-0.2, 0) is 23.8 Å². The third-order valence-electron chi connectivity index (χ3n) is 5.33. The quantitative estimate of drug-likeness (QED) is 0.394. The number of carbonyl (C=O) groups excluding carboxylic acids is 2. The number of hydrogen-bond acceptors (Lipinski definition) is 9. The summed E-state index contributed by atoms with van der Waals surface area (Å²) in [6.45, 7) is 3.52. The van der Waals surface area contributed by atoms with Crippen LogP contribution in [0.5, 0.6) is 0 Å². The first-order valence-corrected chi connectivity index (χ1v) is 9.89. The minimum absolute atomic E-state index is 0.0874. The zero-order valence-corrected chi connectivity index (χ0v) is 17.5. The van der Waals surface area contributed by atoms with Gasteiger partial charge in [-0.1, -0.05) is 26.2 Å². The Kier molecular flexibility index (Phi) is 6.40. The lowest BCUT2D eigenvalue weighted by Crippen LogP contribution is -2.50. The molecule has 0 saturated carbocycles. The molecule has 2 aromatic rings. The molecule has 0 aromatic carbocycles. The van der Waals surface area contributed by atoms with Crippen LogP contribution in [0.1, 0.15) is 45.8 Å².